The number of nitrogens with one attached hydrogen (secondary N) is 1. The molecule has 0 spiro atoms. The van der Waals surface area contributed by atoms with Crippen molar-refractivity contribution in [3.05, 3.63) is 35.7 Å². The summed E-state index contributed by atoms with van der Waals surface area (Å²) in [6.07, 6.45) is 5.32. The van der Waals surface area contributed by atoms with Crippen LogP contribution in [0.4, 0.5) is 5.13 Å². The van der Waals surface area contributed by atoms with Gasteiger partial charge in [0.2, 0.25) is 0 Å². The van der Waals surface area contributed by atoms with E-state index in [9.17, 15) is 9.59 Å². The Morgan fingerprint density at radius 3 is 2.57 bits per heavy atom. The third-order valence-electron chi connectivity index (χ3n) is 6.88. The lowest BCUT2D eigenvalue weighted by Gasteiger charge is -2.58. The molecular weight excluding hydrogens is 464 g/mol. The van der Waals surface area contributed by atoms with Crippen LogP contribution in [0.2, 0.25) is 0 Å². The number of anilines is 1. The lowest BCUT2D eigenvalue weighted by molar-refractivity contribution is -0.175. The highest BCUT2D eigenvalue weighted by Gasteiger charge is 2.60. The van der Waals surface area contributed by atoms with Gasteiger partial charge in [-0.1, -0.05) is 46.3 Å². The van der Waals surface area contributed by atoms with E-state index in [4.69, 9.17) is 4.74 Å². The number of amides is 1. The minimum absolute atomic E-state index is 0.0797. The Morgan fingerprint density at radius 2 is 1.90 bits per heavy atom. The predicted molar refractivity (Wildman–Crippen MR) is 121 cm³/mol. The van der Waals surface area contributed by atoms with Gasteiger partial charge in [0, 0.05) is 15.3 Å². The number of aromatic nitrogens is 1. The number of esters is 1. The van der Waals surface area contributed by atoms with Gasteiger partial charge in [-0.3, -0.25) is 14.9 Å². The zero-order chi connectivity index (χ0) is 20.9. The van der Waals surface area contributed by atoms with Crippen LogP contribution < -0.4 is 5.32 Å². The fourth-order valence-corrected chi connectivity index (χ4v) is 8.18. The maximum absolute atomic E-state index is 13.2. The molecule has 0 radical (unpaired) electrons. The molecule has 4 fully saturated rings. The van der Waals surface area contributed by atoms with Crippen LogP contribution in [0.15, 0.2) is 35.7 Å². The van der Waals surface area contributed by atoms with E-state index in [1.54, 1.807) is 6.92 Å². The Morgan fingerprint density at radius 1 is 1.20 bits per heavy atom. The summed E-state index contributed by atoms with van der Waals surface area (Å²) in [4.78, 5) is 30.3. The molecule has 4 saturated carbocycles. The third-order valence-corrected chi connectivity index (χ3v) is 8.57. The van der Waals surface area contributed by atoms with Crippen LogP contribution >= 0.6 is 27.3 Å². The molecule has 5 nitrogen and oxygen atoms in total. The number of halogens is 1. The Bertz CT molecular complexity index is 962. The Hall–Kier alpha value is -1.73. The minimum atomic E-state index is -0.846. The van der Waals surface area contributed by atoms with Crippen molar-refractivity contribution in [2.75, 3.05) is 5.32 Å². The number of ether oxygens (including phenoxy) is 1. The molecule has 1 aromatic carbocycles. The smallest absolute Gasteiger partial charge is 0.312 e. The number of benzene rings is 1. The number of carbonyl (C=O) groups excluding carboxylic acids is 2. The Labute approximate surface area is 188 Å². The molecule has 1 heterocycles. The number of hydrogen-bond donors (Lipinski definition) is 1. The van der Waals surface area contributed by atoms with Gasteiger partial charge in [-0.2, -0.15) is 0 Å². The molecule has 4 bridgehead atoms. The largest absolute Gasteiger partial charge is 0.452 e. The van der Waals surface area contributed by atoms with Gasteiger partial charge in [-0.25, -0.2) is 4.98 Å². The van der Waals surface area contributed by atoms with Gasteiger partial charge in [-0.15, -0.1) is 11.3 Å². The normalized spacial score (nSPS) is 32.6. The van der Waals surface area contributed by atoms with Gasteiger partial charge in [0.1, 0.15) is 0 Å². The standard InChI is InChI=1S/C23H25BrN2O3S/c1-14(19(27)26-21-25-18(12-30-21)17-5-3-2-4-6-17)29-20(28)22-8-15-7-16(9-22)11-23(24,10-15)13-22/h2-6,12,14-16H,7-11,13H2,1H3,(H,25,26,27)/t14-,15-,16-,22?,23?/m1/s1. The van der Waals surface area contributed by atoms with Crippen molar-refractivity contribution in [2.45, 2.75) is 55.9 Å². The number of alkyl halides is 1. The van der Waals surface area contributed by atoms with Crippen LogP contribution in [0.3, 0.4) is 0 Å². The number of thiazole rings is 1. The summed E-state index contributed by atoms with van der Waals surface area (Å²) >= 11 is 5.29. The Balaban J connectivity index is 1.23. The number of carbonyl (C=O) groups is 2. The molecular formula is C23H25BrN2O3S. The summed E-state index contributed by atoms with van der Waals surface area (Å²) in [7, 11) is 0. The van der Waals surface area contributed by atoms with Crippen molar-refractivity contribution < 1.29 is 14.3 Å². The summed E-state index contributed by atoms with van der Waals surface area (Å²) in [5, 5.41) is 5.22. The van der Waals surface area contributed by atoms with Crippen LogP contribution in [0.25, 0.3) is 11.3 Å². The van der Waals surface area contributed by atoms with Crippen LogP contribution in [0.1, 0.15) is 45.4 Å². The summed E-state index contributed by atoms with van der Waals surface area (Å²) < 4.78 is 5.79. The van der Waals surface area contributed by atoms with Crippen molar-refractivity contribution in [1.29, 1.82) is 0 Å². The van der Waals surface area contributed by atoms with Crippen LogP contribution in [-0.2, 0) is 14.3 Å². The molecule has 6 rings (SSSR count). The second kappa shape index (κ2) is 7.45. The first-order valence-electron chi connectivity index (χ1n) is 10.6. The maximum atomic E-state index is 13.2. The average Bonchev–Trinajstić information content (AvgIpc) is 3.15. The highest BCUT2D eigenvalue weighted by Crippen LogP contribution is 2.64. The molecule has 0 aliphatic heterocycles. The molecule has 7 heteroatoms. The quantitative estimate of drug-likeness (QED) is 0.450. The highest BCUT2D eigenvalue weighted by atomic mass is 79.9. The van der Waals surface area contributed by atoms with E-state index in [-0.39, 0.29) is 16.2 Å². The van der Waals surface area contributed by atoms with Crippen molar-refractivity contribution in [2.24, 2.45) is 17.3 Å². The van der Waals surface area contributed by atoms with Crippen molar-refractivity contribution in [1.82, 2.24) is 4.98 Å². The first-order chi connectivity index (χ1) is 14.3. The third kappa shape index (κ3) is 3.71. The number of rotatable bonds is 5. The molecule has 2 aromatic rings. The summed E-state index contributed by atoms with van der Waals surface area (Å²) in [5.74, 6) is 0.644. The van der Waals surface area contributed by atoms with Crippen molar-refractivity contribution in [3.8, 4) is 11.3 Å². The zero-order valence-corrected chi connectivity index (χ0v) is 19.3. The molecule has 3 atom stereocenters. The van der Waals surface area contributed by atoms with E-state index in [0.717, 1.165) is 43.4 Å². The van der Waals surface area contributed by atoms with Gasteiger partial charge >= 0.3 is 5.97 Å². The van der Waals surface area contributed by atoms with E-state index in [2.05, 4.69) is 26.2 Å². The van der Waals surface area contributed by atoms with E-state index in [0.29, 0.717) is 17.0 Å². The average molecular weight is 489 g/mol. The Kier molecular flexibility index (Phi) is 5.01. The zero-order valence-electron chi connectivity index (χ0n) is 16.9. The van der Waals surface area contributed by atoms with Gasteiger partial charge in [-0.05, 0) is 57.3 Å². The van der Waals surface area contributed by atoms with Crippen LogP contribution in [-0.4, -0.2) is 27.3 Å². The fourth-order valence-electron chi connectivity index (χ4n) is 6.01. The van der Waals surface area contributed by atoms with E-state index < -0.39 is 11.5 Å². The second-order valence-corrected chi connectivity index (χ2v) is 11.9. The molecule has 4 aliphatic carbocycles. The van der Waals surface area contributed by atoms with Gasteiger partial charge in [0.25, 0.3) is 5.91 Å². The second-order valence-electron chi connectivity index (χ2n) is 9.33. The predicted octanol–water partition coefficient (Wildman–Crippen LogP) is 5.41. The molecule has 1 N–H and O–H groups in total. The SMILES string of the molecule is C[C@@H](OC(=O)C12C[C@H]3C[C@@H](CC(Br)(C3)C1)C2)C(=O)Nc1nc(-c2ccccc2)cs1. The topological polar surface area (TPSA) is 68.3 Å². The van der Waals surface area contributed by atoms with Gasteiger partial charge in [0.05, 0.1) is 11.1 Å². The molecule has 0 unspecified atom stereocenters. The highest BCUT2D eigenvalue weighted by molar-refractivity contribution is 9.10. The minimum Gasteiger partial charge on any atom is -0.452 e. The number of nitrogens with zero attached hydrogens (tertiary/aromatic N) is 1. The van der Waals surface area contributed by atoms with Crippen molar-refractivity contribution in [3.63, 3.8) is 0 Å². The first kappa shape index (κ1) is 20.2. The monoisotopic (exact) mass is 488 g/mol. The lowest BCUT2D eigenvalue weighted by Crippen LogP contribution is -2.56. The summed E-state index contributed by atoms with van der Waals surface area (Å²) in [6, 6.07) is 9.82. The number of hydrogen-bond acceptors (Lipinski definition) is 5. The van der Waals surface area contributed by atoms with Crippen LogP contribution in [0.5, 0.6) is 0 Å². The molecule has 30 heavy (non-hydrogen) atoms. The van der Waals surface area contributed by atoms with E-state index in [1.807, 2.05) is 35.7 Å². The van der Waals surface area contributed by atoms with Gasteiger partial charge < -0.3 is 4.74 Å². The first-order valence-corrected chi connectivity index (χ1v) is 12.2. The molecule has 0 saturated heterocycles. The maximum Gasteiger partial charge on any atom is 0.312 e. The molecule has 1 aromatic heterocycles. The lowest BCUT2D eigenvalue weighted by atomic mass is 9.49. The fraction of sp³-hybridized carbons (Fsp3) is 0.522. The summed E-state index contributed by atoms with van der Waals surface area (Å²) in [5.41, 5.74) is 1.39. The summed E-state index contributed by atoms with van der Waals surface area (Å²) in [6.45, 7) is 1.64. The van der Waals surface area contributed by atoms with E-state index >= 15 is 0 Å². The van der Waals surface area contributed by atoms with Crippen LogP contribution in [0, 0.1) is 17.3 Å². The molecule has 1 amide bonds. The molecule has 158 valence electrons. The molecule has 4 aliphatic rings. The van der Waals surface area contributed by atoms with Crippen molar-refractivity contribution >= 4 is 44.3 Å². The van der Waals surface area contributed by atoms with E-state index in [1.165, 1.54) is 17.8 Å². The van der Waals surface area contributed by atoms with Gasteiger partial charge in [0.15, 0.2) is 11.2 Å².